The monoisotopic (exact) mass is 277 g/mol. The lowest BCUT2D eigenvalue weighted by molar-refractivity contribution is -0.273. The Kier molecular flexibility index (Phi) is 4.47. The zero-order valence-electron chi connectivity index (χ0n) is 11.0. The molecule has 0 fully saturated rings. The molecule has 19 heavy (non-hydrogen) atoms. The van der Waals surface area contributed by atoms with Gasteiger partial charge in [0.05, 0.1) is 6.10 Å². The first-order chi connectivity index (χ1) is 8.60. The van der Waals surface area contributed by atoms with Gasteiger partial charge in [-0.15, -0.1) is 0 Å². The third-order valence-electron chi connectivity index (χ3n) is 2.75. The van der Waals surface area contributed by atoms with E-state index in [1.807, 2.05) is 0 Å². The summed E-state index contributed by atoms with van der Waals surface area (Å²) in [7, 11) is 0. The molecule has 2 unspecified atom stereocenters. The summed E-state index contributed by atoms with van der Waals surface area (Å²) >= 11 is 0. The van der Waals surface area contributed by atoms with Crippen LogP contribution in [0.5, 0.6) is 5.75 Å². The minimum Gasteiger partial charge on any atom is -0.491 e. The van der Waals surface area contributed by atoms with Crippen LogP contribution in [0.1, 0.15) is 26.3 Å². The highest BCUT2D eigenvalue weighted by atomic mass is 19.4. The van der Waals surface area contributed by atoms with Crippen LogP contribution in [0.15, 0.2) is 24.3 Å². The summed E-state index contributed by atoms with van der Waals surface area (Å²) in [6, 6.07) is 3.98. The van der Waals surface area contributed by atoms with Gasteiger partial charge in [-0.2, -0.15) is 13.2 Å². The van der Waals surface area contributed by atoms with Crippen LogP contribution in [0, 0.1) is 0 Å². The first kappa shape index (κ1) is 15.8. The Morgan fingerprint density at radius 3 is 2.11 bits per heavy atom. The lowest BCUT2D eigenvalue weighted by Gasteiger charge is -2.35. The van der Waals surface area contributed by atoms with E-state index in [-0.39, 0.29) is 17.4 Å². The molecule has 1 aromatic carbocycles. The molecule has 3 nitrogen and oxygen atoms in total. The maximum atomic E-state index is 13.2. The van der Waals surface area contributed by atoms with Gasteiger partial charge < -0.3 is 15.6 Å². The molecule has 1 aromatic rings. The summed E-state index contributed by atoms with van der Waals surface area (Å²) in [5, 5.41) is 10.1. The third-order valence-corrected chi connectivity index (χ3v) is 2.75. The molecule has 2 atom stereocenters. The quantitative estimate of drug-likeness (QED) is 0.889. The van der Waals surface area contributed by atoms with Crippen molar-refractivity contribution in [3.05, 3.63) is 29.8 Å². The van der Waals surface area contributed by atoms with E-state index in [9.17, 15) is 18.3 Å². The summed E-state index contributed by atoms with van der Waals surface area (Å²) in [6.07, 6.45) is -5.20. The molecule has 0 heterocycles. The minimum absolute atomic E-state index is 0.0189. The Hall–Kier alpha value is -1.27. The third kappa shape index (κ3) is 3.01. The Balaban J connectivity index is 3.40. The number of benzene rings is 1. The summed E-state index contributed by atoms with van der Waals surface area (Å²) in [5.41, 5.74) is 1.85. The molecule has 0 aliphatic carbocycles. The number of hydrogen-bond acceptors (Lipinski definition) is 3. The zero-order valence-corrected chi connectivity index (χ0v) is 11.0. The van der Waals surface area contributed by atoms with Gasteiger partial charge in [0.15, 0.2) is 0 Å². The van der Waals surface area contributed by atoms with Gasteiger partial charge in [0.25, 0.3) is 0 Å². The number of para-hydroxylation sites is 1. The average molecular weight is 277 g/mol. The van der Waals surface area contributed by atoms with Crippen molar-refractivity contribution in [2.45, 2.75) is 44.7 Å². The molecule has 0 saturated heterocycles. The van der Waals surface area contributed by atoms with Crippen molar-refractivity contribution >= 4 is 0 Å². The van der Waals surface area contributed by atoms with E-state index in [4.69, 9.17) is 10.5 Å². The van der Waals surface area contributed by atoms with Gasteiger partial charge in [0.1, 0.15) is 5.75 Å². The molecule has 0 aliphatic rings. The average Bonchev–Trinajstić information content (AvgIpc) is 2.26. The van der Waals surface area contributed by atoms with Crippen molar-refractivity contribution in [2.24, 2.45) is 5.73 Å². The Bertz CT molecular complexity index is 432. The van der Waals surface area contributed by atoms with Crippen molar-refractivity contribution in [1.29, 1.82) is 0 Å². The second-order valence-electron chi connectivity index (χ2n) is 4.72. The number of ether oxygens (including phenoxy) is 1. The maximum Gasteiger partial charge on any atom is 0.423 e. The summed E-state index contributed by atoms with van der Waals surface area (Å²) in [5.74, 6) is -0.0189. The van der Waals surface area contributed by atoms with Crippen molar-refractivity contribution in [2.75, 3.05) is 0 Å². The molecule has 0 radical (unpaired) electrons. The zero-order chi connectivity index (χ0) is 14.8. The van der Waals surface area contributed by atoms with Crippen LogP contribution in [0.25, 0.3) is 0 Å². The first-order valence-electron chi connectivity index (χ1n) is 5.91. The van der Waals surface area contributed by atoms with Gasteiger partial charge in [-0.3, -0.25) is 0 Å². The molecule has 0 aliphatic heterocycles. The molecule has 0 spiro atoms. The van der Waals surface area contributed by atoms with E-state index in [2.05, 4.69) is 0 Å². The molecule has 108 valence electrons. The Labute approximate surface area is 110 Å². The molecular formula is C13H18F3NO2. The number of alkyl halides is 3. The molecule has 0 amide bonds. The van der Waals surface area contributed by atoms with Crippen LogP contribution < -0.4 is 10.5 Å². The lowest BCUT2D eigenvalue weighted by Crippen LogP contribution is -2.54. The summed E-state index contributed by atoms with van der Waals surface area (Å²) < 4.78 is 44.8. The van der Waals surface area contributed by atoms with Crippen LogP contribution in [-0.4, -0.2) is 23.4 Å². The number of aliphatic hydroxyl groups is 1. The van der Waals surface area contributed by atoms with Crippen LogP contribution in [0.3, 0.4) is 0 Å². The van der Waals surface area contributed by atoms with Crippen LogP contribution in [-0.2, 0) is 5.60 Å². The second-order valence-corrected chi connectivity index (χ2v) is 4.72. The predicted molar refractivity (Wildman–Crippen MR) is 65.8 cm³/mol. The highest BCUT2D eigenvalue weighted by molar-refractivity contribution is 5.40. The number of rotatable bonds is 4. The van der Waals surface area contributed by atoms with Gasteiger partial charge in [-0.05, 0) is 26.8 Å². The molecular weight excluding hydrogens is 259 g/mol. The van der Waals surface area contributed by atoms with Crippen molar-refractivity contribution in [3.63, 3.8) is 0 Å². The van der Waals surface area contributed by atoms with E-state index in [0.717, 1.165) is 6.92 Å². The smallest absolute Gasteiger partial charge is 0.423 e. The van der Waals surface area contributed by atoms with E-state index < -0.39 is 17.8 Å². The van der Waals surface area contributed by atoms with Crippen LogP contribution in [0.4, 0.5) is 13.2 Å². The molecule has 0 saturated carbocycles. The standard InChI is InChI=1S/C13H18F3NO2/c1-8(2)19-11-7-5-4-6-10(11)12(18,9(3)17)13(14,15)16/h4-9,18H,17H2,1-3H3. The highest BCUT2D eigenvalue weighted by Crippen LogP contribution is 2.44. The van der Waals surface area contributed by atoms with E-state index in [1.165, 1.54) is 18.2 Å². The fourth-order valence-electron chi connectivity index (χ4n) is 1.79. The first-order valence-corrected chi connectivity index (χ1v) is 5.91. The van der Waals surface area contributed by atoms with Crippen LogP contribution >= 0.6 is 0 Å². The Morgan fingerprint density at radius 2 is 1.68 bits per heavy atom. The number of nitrogens with two attached hydrogens (primary N) is 1. The van der Waals surface area contributed by atoms with Gasteiger partial charge in [-0.1, -0.05) is 18.2 Å². The van der Waals surface area contributed by atoms with Crippen molar-refractivity contribution in [3.8, 4) is 5.75 Å². The number of halogens is 3. The van der Waals surface area contributed by atoms with E-state index in [1.54, 1.807) is 19.9 Å². The van der Waals surface area contributed by atoms with Crippen molar-refractivity contribution in [1.82, 2.24) is 0 Å². The van der Waals surface area contributed by atoms with E-state index in [0.29, 0.717) is 0 Å². The second kappa shape index (κ2) is 5.38. The van der Waals surface area contributed by atoms with Crippen LogP contribution in [0.2, 0.25) is 0 Å². The largest absolute Gasteiger partial charge is 0.491 e. The SMILES string of the molecule is CC(C)Oc1ccccc1C(O)(C(C)N)C(F)(F)F. The lowest BCUT2D eigenvalue weighted by atomic mass is 9.86. The maximum absolute atomic E-state index is 13.2. The topological polar surface area (TPSA) is 55.5 Å². The summed E-state index contributed by atoms with van der Waals surface area (Å²) in [4.78, 5) is 0. The predicted octanol–water partition coefficient (Wildman–Crippen LogP) is 2.57. The minimum atomic E-state index is -4.89. The molecule has 1 rings (SSSR count). The Morgan fingerprint density at radius 1 is 1.16 bits per heavy atom. The normalized spacial score (nSPS) is 17.1. The fraction of sp³-hybridized carbons (Fsp3) is 0.538. The van der Waals surface area contributed by atoms with E-state index >= 15 is 0 Å². The molecule has 6 heteroatoms. The molecule has 3 N–H and O–H groups in total. The summed E-state index contributed by atoms with van der Waals surface area (Å²) in [6.45, 7) is 4.49. The highest BCUT2D eigenvalue weighted by Gasteiger charge is 2.58. The van der Waals surface area contributed by atoms with Crippen molar-refractivity contribution < 1.29 is 23.0 Å². The number of hydrogen-bond donors (Lipinski definition) is 2. The van der Waals surface area contributed by atoms with Gasteiger partial charge in [0.2, 0.25) is 5.60 Å². The molecule has 0 bridgehead atoms. The van der Waals surface area contributed by atoms with Gasteiger partial charge in [-0.25, -0.2) is 0 Å². The van der Waals surface area contributed by atoms with Gasteiger partial charge in [0, 0.05) is 11.6 Å². The van der Waals surface area contributed by atoms with Gasteiger partial charge >= 0.3 is 6.18 Å². The fourth-order valence-corrected chi connectivity index (χ4v) is 1.79. The molecule has 0 aromatic heterocycles.